The van der Waals surface area contributed by atoms with Crippen molar-refractivity contribution >= 4 is 43.4 Å². The number of hydrogen-bond donors (Lipinski definition) is 0. The van der Waals surface area contributed by atoms with Crippen molar-refractivity contribution in [3.05, 3.63) is 85.5 Å². The van der Waals surface area contributed by atoms with Crippen LogP contribution in [0.4, 0.5) is 0 Å². The predicted molar refractivity (Wildman–Crippen MR) is 112 cm³/mol. The molecule has 6 aromatic rings. The molecule has 0 aliphatic carbocycles. The SMILES string of the molecule is [c]1cc2c(ccc3ccc(-c4nccc5c4ccc4cccnc45)nc32)cn1. The van der Waals surface area contributed by atoms with Gasteiger partial charge >= 0.3 is 0 Å². The Morgan fingerprint density at radius 3 is 2.50 bits per heavy atom. The fraction of sp³-hybridized carbons (Fsp3) is 0. The van der Waals surface area contributed by atoms with Gasteiger partial charge in [0, 0.05) is 50.9 Å². The number of benzene rings is 2. The van der Waals surface area contributed by atoms with Crippen LogP contribution in [0.1, 0.15) is 0 Å². The first-order valence-corrected chi connectivity index (χ1v) is 9.07. The average Bonchev–Trinajstić information content (AvgIpc) is 2.78. The van der Waals surface area contributed by atoms with Gasteiger partial charge in [-0.3, -0.25) is 15.0 Å². The van der Waals surface area contributed by atoms with Crippen molar-refractivity contribution < 1.29 is 0 Å². The van der Waals surface area contributed by atoms with Crippen molar-refractivity contribution in [2.24, 2.45) is 0 Å². The van der Waals surface area contributed by atoms with Crippen LogP contribution < -0.4 is 0 Å². The molecule has 0 bridgehead atoms. The van der Waals surface area contributed by atoms with Crippen LogP contribution in [-0.4, -0.2) is 19.9 Å². The van der Waals surface area contributed by atoms with E-state index in [4.69, 9.17) is 4.98 Å². The molecule has 4 heterocycles. The molecule has 6 rings (SSSR count). The molecule has 28 heavy (non-hydrogen) atoms. The van der Waals surface area contributed by atoms with Gasteiger partial charge in [0.25, 0.3) is 0 Å². The first-order valence-electron chi connectivity index (χ1n) is 9.07. The quantitative estimate of drug-likeness (QED) is 0.372. The molecular formula is C24H13N4. The molecule has 4 aromatic heterocycles. The van der Waals surface area contributed by atoms with Crippen LogP contribution in [0.15, 0.2) is 79.3 Å². The molecule has 0 unspecified atom stereocenters. The fourth-order valence-corrected chi connectivity index (χ4v) is 3.83. The number of aromatic nitrogens is 4. The van der Waals surface area contributed by atoms with E-state index in [0.29, 0.717) is 0 Å². The first-order chi connectivity index (χ1) is 13.9. The molecule has 0 aliphatic rings. The lowest BCUT2D eigenvalue weighted by molar-refractivity contribution is 1.30. The molecule has 0 saturated heterocycles. The summed E-state index contributed by atoms with van der Waals surface area (Å²) in [5.74, 6) is 0. The molecular weight excluding hydrogens is 344 g/mol. The largest absolute Gasteiger partial charge is 0.256 e. The van der Waals surface area contributed by atoms with Gasteiger partial charge in [0.2, 0.25) is 0 Å². The highest BCUT2D eigenvalue weighted by Crippen LogP contribution is 2.32. The topological polar surface area (TPSA) is 51.6 Å². The third-order valence-electron chi connectivity index (χ3n) is 5.18. The Bertz CT molecular complexity index is 1520. The van der Waals surface area contributed by atoms with Crippen molar-refractivity contribution in [2.45, 2.75) is 0 Å². The minimum Gasteiger partial charge on any atom is -0.256 e. The summed E-state index contributed by atoms with van der Waals surface area (Å²) in [7, 11) is 0. The van der Waals surface area contributed by atoms with Crippen LogP contribution in [0, 0.1) is 6.20 Å². The third-order valence-corrected chi connectivity index (χ3v) is 5.18. The molecule has 4 nitrogen and oxygen atoms in total. The number of rotatable bonds is 1. The van der Waals surface area contributed by atoms with Gasteiger partial charge in [-0.15, -0.1) is 0 Å². The van der Waals surface area contributed by atoms with Gasteiger partial charge in [-0.2, -0.15) is 0 Å². The number of nitrogens with zero attached hydrogens (tertiary/aromatic N) is 4. The lowest BCUT2D eigenvalue weighted by atomic mass is 10.0. The molecule has 4 heteroatoms. The smallest absolute Gasteiger partial charge is 0.0965 e. The average molecular weight is 357 g/mol. The third kappa shape index (κ3) is 2.18. The van der Waals surface area contributed by atoms with Gasteiger partial charge in [-0.1, -0.05) is 36.4 Å². The second kappa shape index (κ2) is 5.79. The van der Waals surface area contributed by atoms with Crippen LogP contribution in [0.2, 0.25) is 0 Å². The Morgan fingerprint density at radius 1 is 0.643 bits per heavy atom. The Kier molecular flexibility index (Phi) is 3.14. The monoisotopic (exact) mass is 357 g/mol. The Morgan fingerprint density at radius 2 is 1.50 bits per heavy atom. The van der Waals surface area contributed by atoms with Crippen molar-refractivity contribution in [1.82, 2.24) is 19.9 Å². The van der Waals surface area contributed by atoms with Gasteiger partial charge in [-0.25, -0.2) is 4.98 Å². The lowest BCUT2D eigenvalue weighted by Gasteiger charge is -2.09. The Hall–Kier alpha value is -3.92. The molecule has 0 saturated carbocycles. The zero-order valence-corrected chi connectivity index (χ0v) is 14.8. The van der Waals surface area contributed by atoms with Crippen LogP contribution in [0.25, 0.3) is 54.7 Å². The number of hydrogen-bond acceptors (Lipinski definition) is 4. The molecule has 0 atom stereocenters. The molecule has 0 N–H and O–H groups in total. The Labute approximate surface area is 160 Å². The fourth-order valence-electron chi connectivity index (χ4n) is 3.83. The molecule has 0 spiro atoms. The van der Waals surface area contributed by atoms with Gasteiger partial charge in [0.1, 0.15) is 0 Å². The zero-order chi connectivity index (χ0) is 18.5. The van der Waals surface area contributed by atoms with Gasteiger partial charge < -0.3 is 0 Å². The lowest BCUT2D eigenvalue weighted by Crippen LogP contribution is -1.92. The van der Waals surface area contributed by atoms with E-state index in [-0.39, 0.29) is 0 Å². The van der Waals surface area contributed by atoms with E-state index in [0.717, 1.165) is 54.7 Å². The summed E-state index contributed by atoms with van der Waals surface area (Å²) in [4.78, 5) is 18.3. The van der Waals surface area contributed by atoms with Crippen molar-refractivity contribution in [3.8, 4) is 11.4 Å². The highest BCUT2D eigenvalue weighted by molar-refractivity contribution is 6.10. The summed E-state index contributed by atoms with van der Waals surface area (Å²) in [6.07, 6.45) is 8.40. The number of pyridine rings is 4. The molecule has 0 amide bonds. The van der Waals surface area contributed by atoms with Crippen LogP contribution in [-0.2, 0) is 0 Å². The van der Waals surface area contributed by atoms with Crippen molar-refractivity contribution in [1.29, 1.82) is 0 Å². The maximum atomic E-state index is 4.97. The maximum absolute atomic E-state index is 4.97. The summed E-state index contributed by atoms with van der Waals surface area (Å²) in [6, 6.07) is 20.4. The van der Waals surface area contributed by atoms with E-state index < -0.39 is 0 Å². The molecule has 2 aromatic carbocycles. The first kappa shape index (κ1) is 15.2. The minimum atomic E-state index is 0.845. The van der Waals surface area contributed by atoms with Gasteiger partial charge in [0.05, 0.1) is 28.6 Å². The highest BCUT2D eigenvalue weighted by atomic mass is 14.8. The van der Waals surface area contributed by atoms with Crippen molar-refractivity contribution in [2.75, 3.05) is 0 Å². The molecule has 0 aliphatic heterocycles. The second-order valence-electron chi connectivity index (χ2n) is 6.76. The molecule has 129 valence electrons. The Balaban J connectivity index is 1.68. The minimum absolute atomic E-state index is 0.845. The second-order valence-corrected chi connectivity index (χ2v) is 6.76. The molecule has 1 radical (unpaired) electrons. The van der Waals surface area contributed by atoms with E-state index in [1.807, 2.05) is 42.9 Å². The van der Waals surface area contributed by atoms with E-state index in [1.165, 1.54) is 0 Å². The van der Waals surface area contributed by atoms with Crippen LogP contribution in [0.3, 0.4) is 0 Å². The van der Waals surface area contributed by atoms with Gasteiger partial charge in [0.15, 0.2) is 0 Å². The van der Waals surface area contributed by atoms with Crippen LogP contribution >= 0.6 is 0 Å². The summed E-state index contributed by atoms with van der Waals surface area (Å²) in [6.45, 7) is 0. The predicted octanol–water partition coefficient (Wildman–Crippen LogP) is 5.35. The molecule has 0 fully saturated rings. The highest BCUT2D eigenvalue weighted by Gasteiger charge is 2.11. The van der Waals surface area contributed by atoms with E-state index >= 15 is 0 Å². The number of fused-ring (bicyclic) bond motifs is 6. The van der Waals surface area contributed by atoms with E-state index in [1.54, 1.807) is 0 Å². The maximum Gasteiger partial charge on any atom is 0.0965 e. The van der Waals surface area contributed by atoms with Gasteiger partial charge in [-0.05, 0) is 24.3 Å². The summed E-state index contributed by atoms with van der Waals surface area (Å²) in [5.41, 5.74) is 3.63. The zero-order valence-electron chi connectivity index (χ0n) is 14.8. The normalized spacial score (nSPS) is 11.6. The van der Waals surface area contributed by atoms with E-state index in [2.05, 4.69) is 57.5 Å². The summed E-state index contributed by atoms with van der Waals surface area (Å²) in [5, 5.41) is 6.43. The summed E-state index contributed by atoms with van der Waals surface area (Å²) >= 11 is 0. The standard InChI is InChI=1S/C24H13N4/c1-2-15-5-7-19-20(22(15)26-11-1)10-13-27-24(19)21-8-6-16-3-4-17-14-25-12-9-18(17)23(16)28-21/h1-11,13-14H. The van der Waals surface area contributed by atoms with Crippen LogP contribution in [0.5, 0.6) is 0 Å². The summed E-state index contributed by atoms with van der Waals surface area (Å²) < 4.78 is 0. The van der Waals surface area contributed by atoms with E-state index in [9.17, 15) is 0 Å². The van der Waals surface area contributed by atoms with Crippen molar-refractivity contribution in [3.63, 3.8) is 0 Å².